The van der Waals surface area contributed by atoms with E-state index >= 15 is 0 Å². The zero-order valence-corrected chi connectivity index (χ0v) is 11.6. The summed E-state index contributed by atoms with van der Waals surface area (Å²) >= 11 is 0. The second kappa shape index (κ2) is 5.45. The predicted molar refractivity (Wildman–Crippen MR) is 75.5 cm³/mol. The molecule has 0 unspecified atom stereocenters. The molecule has 1 aromatic heterocycles. The van der Waals surface area contributed by atoms with E-state index in [1.165, 1.54) is 0 Å². The molecule has 0 aliphatic carbocycles. The summed E-state index contributed by atoms with van der Waals surface area (Å²) in [6.45, 7) is 8.17. The van der Waals surface area contributed by atoms with E-state index in [9.17, 15) is 9.90 Å². The molecule has 0 aliphatic rings. The van der Waals surface area contributed by atoms with E-state index in [4.69, 9.17) is 4.42 Å². The van der Waals surface area contributed by atoms with Gasteiger partial charge in [-0.2, -0.15) is 0 Å². The number of fused-ring (bicyclic) bond motifs is 1. The summed E-state index contributed by atoms with van der Waals surface area (Å²) in [5, 5.41) is 10.9. The molecule has 1 aromatic carbocycles. The molecule has 2 aromatic rings. The molecule has 0 amide bonds. The Balaban J connectivity index is 2.61. The summed E-state index contributed by atoms with van der Waals surface area (Å²) in [6.07, 6.45) is 0. The lowest BCUT2D eigenvalue weighted by Crippen LogP contribution is -2.22. The third-order valence-electron chi connectivity index (χ3n) is 3.43. The van der Waals surface area contributed by atoms with Gasteiger partial charge in [0.25, 0.3) is 0 Å². The zero-order chi connectivity index (χ0) is 14.0. The lowest BCUT2D eigenvalue weighted by atomic mass is 10.1. The first-order chi connectivity index (χ1) is 9.06. The molecule has 0 spiro atoms. The summed E-state index contributed by atoms with van der Waals surface area (Å²) in [4.78, 5) is 13.8. The van der Waals surface area contributed by atoms with E-state index < -0.39 is 0 Å². The highest BCUT2D eigenvalue weighted by Gasteiger charge is 2.13. The van der Waals surface area contributed by atoms with Crippen LogP contribution in [-0.2, 0) is 6.54 Å². The maximum atomic E-state index is 11.7. The second-order valence-corrected chi connectivity index (χ2v) is 4.66. The minimum absolute atomic E-state index is 0.173. The minimum atomic E-state index is -0.348. The molecular weight excluding hydrogens is 242 g/mol. The first-order valence-electron chi connectivity index (χ1n) is 6.54. The number of hydrogen-bond donors (Lipinski definition) is 1. The number of aryl methyl sites for hydroxylation is 1. The summed E-state index contributed by atoms with van der Waals surface area (Å²) < 4.78 is 5.35. The number of phenolic OH excluding ortho intramolecular Hbond substituents is 1. The van der Waals surface area contributed by atoms with Crippen LogP contribution in [0.3, 0.4) is 0 Å². The van der Waals surface area contributed by atoms with Crippen molar-refractivity contribution in [2.75, 3.05) is 13.1 Å². The van der Waals surface area contributed by atoms with Crippen LogP contribution in [0.25, 0.3) is 11.0 Å². The highest BCUT2D eigenvalue weighted by atomic mass is 16.4. The highest BCUT2D eigenvalue weighted by Crippen LogP contribution is 2.27. The molecule has 0 bridgehead atoms. The van der Waals surface area contributed by atoms with E-state index in [-0.39, 0.29) is 11.4 Å². The molecule has 0 saturated heterocycles. The van der Waals surface area contributed by atoms with Crippen molar-refractivity contribution in [1.82, 2.24) is 4.90 Å². The number of nitrogens with zero attached hydrogens (tertiary/aromatic N) is 1. The van der Waals surface area contributed by atoms with Crippen LogP contribution in [-0.4, -0.2) is 23.1 Å². The Bertz CT molecular complexity index is 642. The number of aromatic hydroxyl groups is 1. The maximum Gasteiger partial charge on any atom is 0.339 e. The van der Waals surface area contributed by atoms with Crippen LogP contribution in [0.1, 0.15) is 25.0 Å². The molecule has 102 valence electrons. The number of benzene rings is 1. The van der Waals surface area contributed by atoms with Crippen molar-refractivity contribution >= 4 is 11.0 Å². The zero-order valence-electron chi connectivity index (χ0n) is 11.6. The standard InChI is InChI=1S/C15H19NO3/c1-4-16(5-2)9-12-13(17)7-6-11-8-10(3)15(18)19-14(11)12/h6-8,17H,4-5,9H2,1-3H3. The van der Waals surface area contributed by atoms with E-state index in [1.807, 2.05) is 0 Å². The smallest absolute Gasteiger partial charge is 0.339 e. The average molecular weight is 261 g/mol. The predicted octanol–water partition coefficient (Wildman–Crippen LogP) is 2.65. The van der Waals surface area contributed by atoms with Crippen LogP contribution in [0, 0.1) is 6.92 Å². The lowest BCUT2D eigenvalue weighted by Gasteiger charge is -2.19. The molecule has 4 heteroatoms. The second-order valence-electron chi connectivity index (χ2n) is 4.66. The van der Waals surface area contributed by atoms with Crippen LogP contribution in [0.2, 0.25) is 0 Å². The van der Waals surface area contributed by atoms with Crippen LogP contribution < -0.4 is 5.63 Å². The average Bonchev–Trinajstić information content (AvgIpc) is 2.40. The molecule has 0 saturated carbocycles. The molecule has 4 nitrogen and oxygen atoms in total. The first-order valence-corrected chi connectivity index (χ1v) is 6.54. The quantitative estimate of drug-likeness (QED) is 0.860. The van der Waals surface area contributed by atoms with Crippen molar-refractivity contribution in [3.05, 3.63) is 39.7 Å². The molecular formula is C15H19NO3. The monoisotopic (exact) mass is 261 g/mol. The summed E-state index contributed by atoms with van der Waals surface area (Å²) in [6, 6.07) is 5.22. The van der Waals surface area contributed by atoms with Crippen molar-refractivity contribution in [1.29, 1.82) is 0 Å². The van der Waals surface area contributed by atoms with Crippen LogP contribution >= 0.6 is 0 Å². The first kappa shape index (κ1) is 13.6. The number of hydrogen-bond acceptors (Lipinski definition) is 4. The summed E-state index contributed by atoms with van der Waals surface area (Å²) in [7, 11) is 0. The van der Waals surface area contributed by atoms with Gasteiger partial charge in [-0.3, -0.25) is 4.90 Å². The molecule has 0 atom stereocenters. The number of phenols is 1. The van der Waals surface area contributed by atoms with Gasteiger partial charge in [0.05, 0.1) is 5.56 Å². The van der Waals surface area contributed by atoms with Crippen molar-refractivity contribution in [2.45, 2.75) is 27.3 Å². The van der Waals surface area contributed by atoms with Gasteiger partial charge in [0, 0.05) is 17.5 Å². The van der Waals surface area contributed by atoms with Crippen LogP contribution in [0.5, 0.6) is 5.75 Å². The van der Waals surface area contributed by atoms with Crippen LogP contribution in [0.15, 0.2) is 27.4 Å². The van der Waals surface area contributed by atoms with Crippen molar-refractivity contribution in [2.24, 2.45) is 0 Å². The van der Waals surface area contributed by atoms with Crippen molar-refractivity contribution in [3.63, 3.8) is 0 Å². The van der Waals surface area contributed by atoms with Gasteiger partial charge in [0.2, 0.25) is 0 Å². The third-order valence-corrected chi connectivity index (χ3v) is 3.43. The Labute approximate surface area is 112 Å². The van der Waals surface area contributed by atoms with Crippen LogP contribution in [0.4, 0.5) is 0 Å². The lowest BCUT2D eigenvalue weighted by molar-refractivity contribution is 0.290. The fourth-order valence-corrected chi connectivity index (χ4v) is 2.16. The summed E-state index contributed by atoms with van der Waals surface area (Å²) in [5.41, 5.74) is 1.40. The van der Waals surface area contributed by atoms with E-state index in [0.29, 0.717) is 23.3 Å². The molecule has 2 rings (SSSR count). The van der Waals surface area contributed by atoms with Gasteiger partial charge in [-0.05, 0) is 38.2 Å². The van der Waals surface area contributed by atoms with Gasteiger partial charge in [-0.1, -0.05) is 13.8 Å². The minimum Gasteiger partial charge on any atom is -0.507 e. The fraction of sp³-hybridized carbons (Fsp3) is 0.400. The normalized spacial score (nSPS) is 11.4. The van der Waals surface area contributed by atoms with E-state index in [1.54, 1.807) is 25.1 Å². The molecule has 0 radical (unpaired) electrons. The van der Waals surface area contributed by atoms with Gasteiger partial charge in [0.15, 0.2) is 0 Å². The van der Waals surface area contributed by atoms with Crippen molar-refractivity contribution < 1.29 is 9.52 Å². The van der Waals surface area contributed by atoms with Gasteiger partial charge < -0.3 is 9.52 Å². The summed E-state index contributed by atoms with van der Waals surface area (Å²) in [5.74, 6) is 0.173. The molecule has 1 heterocycles. The van der Waals surface area contributed by atoms with Crippen molar-refractivity contribution in [3.8, 4) is 5.75 Å². The fourth-order valence-electron chi connectivity index (χ4n) is 2.16. The van der Waals surface area contributed by atoms with Gasteiger partial charge in [-0.25, -0.2) is 4.79 Å². The Morgan fingerprint density at radius 3 is 2.58 bits per heavy atom. The van der Waals surface area contributed by atoms with E-state index in [2.05, 4.69) is 18.7 Å². The Hall–Kier alpha value is -1.81. The molecule has 19 heavy (non-hydrogen) atoms. The van der Waals surface area contributed by atoms with E-state index in [0.717, 1.165) is 18.5 Å². The largest absolute Gasteiger partial charge is 0.507 e. The third kappa shape index (κ3) is 2.63. The van der Waals surface area contributed by atoms with Gasteiger partial charge in [0.1, 0.15) is 11.3 Å². The Kier molecular flexibility index (Phi) is 3.90. The number of rotatable bonds is 4. The van der Waals surface area contributed by atoms with Gasteiger partial charge >= 0.3 is 5.63 Å². The topological polar surface area (TPSA) is 53.7 Å². The molecule has 0 fully saturated rings. The Morgan fingerprint density at radius 1 is 1.26 bits per heavy atom. The molecule has 1 N–H and O–H groups in total. The molecule has 0 aliphatic heterocycles. The highest BCUT2D eigenvalue weighted by molar-refractivity contribution is 5.82. The maximum absolute atomic E-state index is 11.7. The van der Waals surface area contributed by atoms with Gasteiger partial charge in [-0.15, -0.1) is 0 Å². The Morgan fingerprint density at radius 2 is 1.95 bits per heavy atom. The SMILES string of the molecule is CCN(CC)Cc1c(O)ccc2cc(C)c(=O)oc12.